The second-order valence-corrected chi connectivity index (χ2v) is 5.89. The van der Waals surface area contributed by atoms with Gasteiger partial charge >= 0.3 is 5.97 Å². The minimum Gasteiger partial charge on any atom is -0.469 e. The summed E-state index contributed by atoms with van der Waals surface area (Å²) in [4.78, 5) is 16.8. The van der Waals surface area contributed by atoms with Crippen LogP contribution in [0.15, 0.2) is 0 Å². The van der Waals surface area contributed by atoms with Gasteiger partial charge in [-0.3, -0.25) is 14.6 Å². The van der Waals surface area contributed by atoms with Crippen molar-refractivity contribution in [3.8, 4) is 0 Å². The third kappa shape index (κ3) is 2.54. The number of carbonyl (C=O) groups excluding carboxylic acids is 1. The first-order valence-electron chi connectivity index (χ1n) is 7.12. The van der Waals surface area contributed by atoms with E-state index in [1.165, 1.54) is 26.5 Å². The van der Waals surface area contributed by atoms with Crippen molar-refractivity contribution in [2.45, 2.75) is 51.7 Å². The quantitative estimate of drug-likeness (QED) is 0.712. The molecule has 2 heterocycles. The number of hydrogen-bond donors (Lipinski definition) is 0. The molecule has 2 saturated heterocycles. The summed E-state index contributed by atoms with van der Waals surface area (Å²) in [5.74, 6) is -0.144. The zero-order valence-corrected chi connectivity index (χ0v) is 12.1. The average Bonchev–Trinajstić information content (AvgIpc) is 2.82. The molecule has 0 bridgehead atoms. The molecule has 4 heteroatoms. The van der Waals surface area contributed by atoms with Crippen LogP contribution in [0.4, 0.5) is 0 Å². The van der Waals surface area contributed by atoms with Crippen LogP contribution in [-0.4, -0.2) is 60.6 Å². The maximum atomic E-state index is 11.7. The van der Waals surface area contributed by atoms with Crippen LogP contribution in [0.3, 0.4) is 0 Å². The Morgan fingerprint density at radius 3 is 2.72 bits per heavy atom. The monoisotopic (exact) mass is 254 g/mol. The van der Waals surface area contributed by atoms with Crippen LogP contribution in [0.2, 0.25) is 0 Å². The van der Waals surface area contributed by atoms with Gasteiger partial charge in [-0.25, -0.2) is 0 Å². The number of ether oxygens (including phenoxy) is 1. The Kier molecular flexibility index (Phi) is 4.28. The summed E-state index contributed by atoms with van der Waals surface area (Å²) >= 11 is 0. The van der Waals surface area contributed by atoms with Crippen molar-refractivity contribution < 1.29 is 9.53 Å². The van der Waals surface area contributed by atoms with Gasteiger partial charge in [-0.2, -0.15) is 0 Å². The molecule has 4 nitrogen and oxygen atoms in total. The highest BCUT2D eigenvalue weighted by molar-refractivity contribution is 5.72. The van der Waals surface area contributed by atoms with E-state index in [4.69, 9.17) is 4.74 Å². The van der Waals surface area contributed by atoms with Gasteiger partial charge in [0.25, 0.3) is 0 Å². The molecule has 2 fully saturated rings. The molecule has 4 unspecified atom stereocenters. The van der Waals surface area contributed by atoms with Gasteiger partial charge in [0.1, 0.15) is 0 Å². The van der Waals surface area contributed by atoms with E-state index in [1.807, 2.05) is 6.92 Å². The molecule has 0 spiro atoms. The minimum absolute atomic E-state index is 0.0506. The predicted molar refractivity (Wildman–Crippen MR) is 71.4 cm³/mol. The summed E-state index contributed by atoms with van der Waals surface area (Å²) in [6.07, 6.45) is 2.63. The summed E-state index contributed by atoms with van der Waals surface area (Å²) in [7, 11) is 1.48. The first-order valence-corrected chi connectivity index (χ1v) is 7.12. The first kappa shape index (κ1) is 13.8. The molecule has 0 aromatic carbocycles. The zero-order valence-electron chi connectivity index (χ0n) is 12.1. The van der Waals surface area contributed by atoms with Crippen molar-refractivity contribution in [3.05, 3.63) is 0 Å². The van der Waals surface area contributed by atoms with Crippen LogP contribution in [0.1, 0.15) is 33.6 Å². The van der Waals surface area contributed by atoms with E-state index in [0.717, 1.165) is 13.1 Å². The Balaban J connectivity index is 2.01. The summed E-state index contributed by atoms with van der Waals surface area (Å²) in [5.41, 5.74) is 0. The van der Waals surface area contributed by atoms with Gasteiger partial charge in [0.05, 0.1) is 13.0 Å². The highest BCUT2D eigenvalue weighted by Crippen LogP contribution is 2.27. The van der Waals surface area contributed by atoms with E-state index < -0.39 is 0 Å². The molecule has 0 aliphatic carbocycles. The van der Waals surface area contributed by atoms with Crippen LogP contribution in [0.5, 0.6) is 0 Å². The summed E-state index contributed by atoms with van der Waals surface area (Å²) in [5, 5.41) is 0. The van der Waals surface area contributed by atoms with Gasteiger partial charge in [0.2, 0.25) is 0 Å². The fourth-order valence-corrected chi connectivity index (χ4v) is 3.45. The van der Waals surface area contributed by atoms with Gasteiger partial charge in [-0.1, -0.05) is 6.92 Å². The van der Waals surface area contributed by atoms with Gasteiger partial charge in [0, 0.05) is 31.2 Å². The molecule has 0 N–H and O–H groups in total. The van der Waals surface area contributed by atoms with Crippen molar-refractivity contribution in [2.24, 2.45) is 5.92 Å². The molecule has 2 rings (SSSR count). The van der Waals surface area contributed by atoms with E-state index in [2.05, 4.69) is 23.6 Å². The number of carbonyl (C=O) groups is 1. The van der Waals surface area contributed by atoms with Crippen LogP contribution in [-0.2, 0) is 9.53 Å². The van der Waals surface area contributed by atoms with Crippen molar-refractivity contribution in [1.82, 2.24) is 9.80 Å². The average molecular weight is 254 g/mol. The third-order valence-electron chi connectivity index (χ3n) is 4.81. The third-order valence-corrected chi connectivity index (χ3v) is 4.81. The highest BCUT2D eigenvalue weighted by atomic mass is 16.5. The van der Waals surface area contributed by atoms with Crippen molar-refractivity contribution in [1.29, 1.82) is 0 Å². The Bertz CT molecular complexity index is 308. The summed E-state index contributed by atoms with van der Waals surface area (Å²) in [6, 6.07) is 1.49. The Labute approximate surface area is 110 Å². The number of fused-ring (bicyclic) bond motifs is 1. The molecular formula is C14H26N2O2. The van der Waals surface area contributed by atoms with Crippen molar-refractivity contribution in [3.63, 3.8) is 0 Å². The Hall–Kier alpha value is -0.610. The number of hydrogen-bond acceptors (Lipinski definition) is 4. The fraction of sp³-hybridized carbons (Fsp3) is 0.929. The van der Waals surface area contributed by atoms with Gasteiger partial charge < -0.3 is 4.74 Å². The topological polar surface area (TPSA) is 32.8 Å². The second kappa shape index (κ2) is 5.57. The maximum Gasteiger partial charge on any atom is 0.309 e. The lowest BCUT2D eigenvalue weighted by Crippen LogP contribution is -2.59. The minimum atomic E-state index is -0.0939. The van der Waals surface area contributed by atoms with E-state index in [0.29, 0.717) is 12.1 Å². The molecule has 0 aromatic rings. The van der Waals surface area contributed by atoms with E-state index in [-0.39, 0.29) is 17.9 Å². The van der Waals surface area contributed by atoms with Crippen molar-refractivity contribution in [2.75, 3.05) is 26.7 Å². The largest absolute Gasteiger partial charge is 0.469 e. The fourth-order valence-electron chi connectivity index (χ4n) is 3.45. The molecular weight excluding hydrogens is 228 g/mol. The molecule has 2 aliphatic rings. The van der Waals surface area contributed by atoms with Crippen molar-refractivity contribution >= 4 is 5.97 Å². The van der Waals surface area contributed by atoms with Gasteiger partial charge in [-0.05, 0) is 33.2 Å². The molecule has 0 radical (unpaired) electrons. The lowest BCUT2D eigenvalue weighted by molar-refractivity contribution is -0.148. The van der Waals surface area contributed by atoms with Gasteiger partial charge in [-0.15, -0.1) is 0 Å². The van der Waals surface area contributed by atoms with Crippen LogP contribution in [0.25, 0.3) is 0 Å². The van der Waals surface area contributed by atoms with Crippen LogP contribution >= 0.6 is 0 Å². The lowest BCUT2D eigenvalue weighted by Gasteiger charge is -2.46. The number of nitrogens with zero attached hydrogens (tertiary/aromatic N) is 2. The zero-order chi connectivity index (χ0) is 13.3. The van der Waals surface area contributed by atoms with E-state index >= 15 is 0 Å². The predicted octanol–water partition coefficient (Wildman–Crippen LogP) is 1.35. The molecule has 0 amide bonds. The molecule has 104 valence electrons. The number of esters is 1. The molecule has 18 heavy (non-hydrogen) atoms. The van der Waals surface area contributed by atoms with Crippen LogP contribution in [0, 0.1) is 5.92 Å². The van der Waals surface area contributed by atoms with Crippen LogP contribution < -0.4 is 0 Å². The smallest absolute Gasteiger partial charge is 0.309 e. The first-order chi connectivity index (χ1) is 8.54. The lowest BCUT2D eigenvalue weighted by atomic mass is 9.97. The molecule has 0 saturated carbocycles. The summed E-state index contributed by atoms with van der Waals surface area (Å²) < 4.78 is 4.87. The molecule has 0 aromatic heterocycles. The van der Waals surface area contributed by atoms with Gasteiger partial charge in [0.15, 0.2) is 0 Å². The SMILES string of the molecule is COC(=O)C(C)C(C)N1CC2CCCN2CC1C. The number of rotatable bonds is 3. The highest BCUT2D eigenvalue weighted by Gasteiger charge is 2.38. The maximum absolute atomic E-state index is 11.7. The molecule has 4 atom stereocenters. The summed E-state index contributed by atoms with van der Waals surface area (Å²) in [6.45, 7) is 9.90. The Morgan fingerprint density at radius 1 is 1.33 bits per heavy atom. The second-order valence-electron chi connectivity index (χ2n) is 5.89. The molecule has 2 aliphatic heterocycles. The van der Waals surface area contributed by atoms with E-state index in [9.17, 15) is 4.79 Å². The standard InChI is InChI=1S/C14H26N2O2/c1-10-8-15-7-5-6-13(15)9-16(10)12(3)11(2)14(17)18-4/h10-13H,5-9H2,1-4H3. The normalized spacial score (nSPS) is 32.9. The Morgan fingerprint density at radius 2 is 2.06 bits per heavy atom. The van der Waals surface area contributed by atoms with E-state index in [1.54, 1.807) is 0 Å². The number of methoxy groups -OCH3 is 1. The number of piperazine rings is 1.